The van der Waals surface area contributed by atoms with E-state index in [1.807, 2.05) is 24.3 Å². The molecule has 6 heteroatoms. The molecular formula is C13H13NO4S. The lowest BCUT2D eigenvalue weighted by atomic mass is 10.0. The Balaban J connectivity index is 0.000000312. The molecule has 1 aliphatic rings. The zero-order valence-electron chi connectivity index (χ0n) is 10.2. The Hall–Kier alpha value is -2.10. The summed E-state index contributed by atoms with van der Waals surface area (Å²) in [4.78, 5) is 0. The lowest BCUT2D eigenvalue weighted by Gasteiger charge is -1.99. The van der Waals surface area contributed by atoms with Crippen LogP contribution in [0.3, 0.4) is 0 Å². The summed E-state index contributed by atoms with van der Waals surface area (Å²) >= 11 is 0. The zero-order chi connectivity index (χ0) is 14.6. The van der Waals surface area contributed by atoms with Crippen LogP contribution in [0.15, 0.2) is 30.0 Å². The maximum absolute atomic E-state index is 9.67. The highest BCUT2D eigenvalue weighted by Crippen LogP contribution is 2.32. The molecule has 5 nitrogen and oxygen atoms in total. The second-order valence-electron chi connectivity index (χ2n) is 3.86. The molecule has 0 fully saturated rings. The summed E-state index contributed by atoms with van der Waals surface area (Å²) in [6.45, 7) is 0. The lowest BCUT2D eigenvalue weighted by molar-refractivity contribution is 0.446. The lowest BCUT2D eigenvalue weighted by Crippen LogP contribution is -1.96. The van der Waals surface area contributed by atoms with E-state index in [1.165, 1.54) is 0 Å². The predicted octanol–water partition coefficient (Wildman–Crippen LogP) is 1.86. The van der Waals surface area contributed by atoms with Crippen LogP contribution in [0.5, 0.6) is 0 Å². The van der Waals surface area contributed by atoms with Gasteiger partial charge in [-0.25, -0.2) is 0 Å². The van der Waals surface area contributed by atoms with Crippen molar-refractivity contribution >= 4 is 21.4 Å². The summed E-state index contributed by atoms with van der Waals surface area (Å²) in [6.07, 6.45) is 6.29. The number of aliphatic hydroxyl groups excluding tert-OH is 1. The molecule has 0 saturated carbocycles. The molecule has 1 aromatic carbocycles. The van der Waals surface area contributed by atoms with Gasteiger partial charge in [0, 0.05) is 17.6 Å². The number of hydrogen-bond acceptors (Lipinski definition) is 4. The van der Waals surface area contributed by atoms with Crippen molar-refractivity contribution in [2.75, 3.05) is 6.26 Å². The summed E-state index contributed by atoms with van der Waals surface area (Å²) in [6, 6.07) is 7.41. The molecule has 0 radical (unpaired) electrons. The van der Waals surface area contributed by atoms with Gasteiger partial charge in [0.25, 0.3) is 10.1 Å². The Kier molecular flexibility index (Phi) is 4.48. The second kappa shape index (κ2) is 5.69. The molecule has 19 heavy (non-hydrogen) atoms. The van der Waals surface area contributed by atoms with Gasteiger partial charge < -0.3 is 5.11 Å². The second-order valence-corrected chi connectivity index (χ2v) is 5.33. The number of rotatable bonds is 1. The molecule has 0 aromatic heterocycles. The van der Waals surface area contributed by atoms with Crippen molar-refractivity contribution in [3.63, 3.8) is 0 Å². The van der Waals surface area contributed by atoms with Crippen LogP contribution in [0, 0.1) is 17.8 Å². The number of allylic oxidation sites excluding steroid dienone is 2. The van der Waals surface area contributed by atoms with Crippen LogP contribution in [0.2, 0.25) is 0 Å². The van der Waals surface area contributed by atoms with Gasteiger partial charge in [-0.2, -0.15) is 8.42 Å². The van der Waals surface area contributed by atoms with E-state index in [1.54, 1.807) is 0 Å². The van der Waals surface area contributed by atoms with E-state index < -0.39 is 10.1 Å². The third kappa shape index (κ3) is 3.95. The first-order valence-corrected chi connectivity index (χ1v) is 7.07. The first-order chi connectivity index (χ1) is 8.75. The SMILES string of the molecule is C#CCC1=C(O)C(=N)c2ccccc21.CS(=O)(=O)O. The van der Waals surface area contributed by atoms with Gasteiger partial charge in [-0.05, 0) is 5.56 Å². The molecule has 3 N–H and O–H groups in total. The van der Waals surface area contributed by atoms with Gasteiger partial charge in [0.05, 0.1) is 6.26 Å². The Labute approximate surface area is 111 Å². The van der Waals surface area contributed by atoms with Crippen LogP contribution in [-0.4, -0.2) is 30.0 Å². The zero-order valence-corrected chi connectivity index (χ0v) is 11.0. The van der Waals surface area contributed by atoms with Gasteiger partial charge in [0.1, 0.15) is 11.5 Å². The first kappa shape index (κ1) is 15.0. The average Bonchev–Trinajstić information content (AvgIpc) is 2.54. The molecule has 0 unspecified atom stereocenters. The van der Waals surface area contributed by atoms with E-state index in [0.29, 0.717) is 18.2 Å². The van der Waals surface area contributed by atoms with Crippen LogP contribution in [-0.2, 0) is 10.1 Å². The van der Waals surface area contributed by atoms with E-state index in [-0.39, 0.29) is 11.5 Å². The molecule has 0 saturated heterocycles. The first-order valence-electron chi connectivity index (χ1n) is 5.22. The van der Waals surface area contributed by atoms with Gasteiger partial charge >= 0.3 is 0 Å². The van der Waals surface area contributed by atoms with Gasteiger partial charge in [-0.1, -0.05) is 24.3 Å². The third-order valence-electron chi connectivity index (χ3n) is 2.32. The van der Waals surface area contributed by atoms with Gasteiger partial charge in [-0.15, -0.1) is 12.3 Å². The van der Waals surface area contributed by atoms with E-state index in [4.69, 9.17) is 16.4 Å². The Morgan fingerprint density at radius 3 is 2.26 bits per heavy atom. The highest BCUT2D eigenvalue weighted by molar-refractivity contribution is 7.85. The quantitative estimate of drug-likeness (QED) is 0.540. The molecule has 0 atom stereocenters. The minimum atomic E-state index is -3.67. The van der Waals surface area contributed by atoms with E-state index in [0.717, 1.165) is 11.1 Å². The van der Waals surface area contributed by atoms with E-state index in [9.17, 15) is 13.5 Å². The summed E-state index contributed by atoms with van der Waals surface area (Å²) in [5.41, 5.74) is 2.50. The van der Waals surface area contributed by atoms with Crippen LogP contribution in [0.4, 0.5) is 0 Å². The molecule has 100 valence electrons. The van der Waals surface area contributed by atoms with Gasteiger partial charge in [-0.3, -0.25) is 9.96 Å². The number of benzene rings is 1. The van der Waals surface area contributed by atoms with Crippen LogP contribution >= 0.6 is 0 Å². The summed E-state index contributed by atoms with van der Waals surface area (Å²) < 4.78 is 25.9. The monoisotopic (exact) mass is 279 g/mol. The highest BCUT2D eigenvalue weighted by Gasteiger charge is 2.24. The molecule has 1 aliphatic carbocycles. The number of fused-ring (bicyclic) bond motifs is 1. The minimum Gasteiger partial charge on any atom is -0.505 e. The maximum atomic E-state index is 9.67. The summed E-state index contributed by atoms with van der Waals surface area (Å²) in [5, 5.41) is 17.3. The highest BCUT2D eigenvalue weighted by atomic mass is 32.2. The summed E-state index contributed by atoms with van der Waals surface area (Å²) in [7, 11) is -3.67. The number of nitrogens with one attached hydrogen (secondary N) is 1. The van der Waals surface area contributed by atoms with Gasteiger partial charge in [0.15, 0.2) is 0 Å². The smallest absolute Gasteiger partial charge is 0.261 e. The molecule has 0 spiro atoms. The molecule has 1 aromatic rings. The van der Waals surface area contributed by atoms with Crippen molar-refractivity contribution in [1.82, 2.24) is 0 Å². The van der Waals surface area contributed by atoms with Crippen molar-refractivity contribution < 1.29 is 18.1 Å². The molecule has 0 aliphatic heterocycles. The van der Waals surface area contributed by atoms with Crippen LogP contribution in [0.1, 0.15) is 17.5 Å². The van der Waals surface area contributed by atoms with E-state index in [2.05, 4.69) is 5.92 Å². The number of terminal acetylenes is 1. The maximum Gasteiger partial charge on any atom is 0.261 e. The predicted molar refractivity (Wildman–Crippen MR) is 73.7 cm³/mol. The van der Waals surface area contributed by atoms with Crippen LogP contribution in [0.25, 0.3) is 5.57 Å². The topological polar surface area (TPSA) is 98.5 Å². The fourth-order valence-corrected chi connectivity index (χ4v) is 1.65. The Morgan fingerprint density at radius 1 is 1.32 bits per heavy atom. The third-order valence-corrected chi connectivity index (χ3v) is 2.32. The largest absolute Gasteiger partial charge is 0.505 e. The Bertz CT molecular complexity index is 673. The fourth-order valence-electron chi connectivity index (χ4n) is 1.65. The van der Waals surface area contributed by atoms with Crippen molar-refractivity contribution in [1.29, 1.82) is 5.41 Å². The molecule has 0 heterocycles. The molecule has 0 amide bonds. The van der Waals surface area contributed by atoms with Crippen molar-refractivity contribution in [2.24, 2.45) is 0 Å². The minimum absolute atomic E-state index is 0.0177. The molecule has 2 rings (SSSR count). The molecule has 0 bridgehead atoms. The van der Waals surface area contributed by atoms with Crippen molar-refractivity contribution in [3.8, 4) is 12.3 Å². The Morgan fingerprint density at radius 2 is 1.79 bits per heavy atom. The average molecular weight is 279 g/mol. The van der Waals surface area contributed by atoms with Crippen LogP contribution < -0.4 is 0 Å². The van der Waals surface area contributed by atoms with Crippen molar-refractivity contribution in [3.05, 3.63) is 41.2 Å². The summed E-state index contributed by atoms with van der Waals surface area (Å²) in [5.74, 6) is 2.50. The number of aliphatic hydroxyl groups is 1. The molecular weight excluding hydrogens is 266 g/mol. The van der Waals surface area contributed by atoms with Gasteiger partial charge in [0.2, 0.25) is 0 Å². The fraction of sp³-hybridized carbons (Fsp3) is 0.154. The van der Waals surface area contributed by atoms with E-state index >= 15 is 0 Å². The number of hydrogen-bond donors (Lipinski definition) is 3. The van der Waals surface area contributed by atoms with Crippen molar-refractivity contribution in [2.45, 2.75) is 6.42 Å². The normalized spacial score (nSPS) is 13.4. The standard InChI is InChI=1S/C12H9NO.CH4O3S/c1-2-5-10-8-6-3-4-7-9(8)11(13)12(10)14;1-5(2,3)4/h1,3-4,6-7H,5H2,(H2,13,14);1H3,(H,2,3,4).